The van der Waals surface area contributed by atoms with Crippen LogP contribution in [0.15, 0.2) is 0 Å². The maximum Gasteiger partial charge on any atom is 0.146 e. The minimum atomic E-state index is 0.622. The lowest BCUT2D eigenvalue weighted by atomic mass is 10.1. The first-order valence-electron chi connectivity index (χ1n) is 4.93. The van der Waals surface area contributed by atoms with Crippen LogP contribution in [-0.4, -0.2) is 45.8 Å². The number of hydrogen-bond donors (Lipinski definition) is 1. The zero-order valence-corrected chi connectivity index (χ0v) is 8.99. The molecule has 1 N–H and O–H groups in total. The van der Waals surface area contributed by atoms with E-state index in [1.807, 2.05) is 18.5 Å². The van der Waals surface area contributed by atoms with E-state index in [1.165, 1.54) is 0 Å². The zero-order chi connectivity index (χ0) is 10.1. The number of likely N-dealkylation sites (tertiary alicyclic amines) is 1. The Morgan fingerprint density at radius 3 is 2.57 bits per heavy atom. The summed E-state index contributed by atoms with van der Waals surface area (Å²) >= 11 is 0. The molecule has 2 heterocycles. The smallest absolute Gasteiger partial charge is 0.146 e. The summed E-state index contributed by atoms with van der Waals surface area (Å²) < 4.78 is 2.02. The molecule has 14 heavy (non-hydrogen) atoms. The number of aromatic nitrogens is 3. The highest BCUT2D eigenvalue weighted by Crippen LogP contribution is 2.05. The van der Waals surface area contributed by atoms with Crippen LogP contribution < -0.4 is 5.32 Å². The lowest BCUT2D eigenvalue weighted by molar-refractivity contribution is 0.160. The van der Waals surface area contributed by atoms with E-state index in [0.29, 0.717) is 6.04 Å². The quantitative estimate of drug-likeness (QED) is 0.708. The van der Waals surface area contributed by atoms with E-state index in [9.17, 15) is 0 Å². The Bertz CT molecular complexity index is 313. The first-order chi connectivity index (χ1) is 6.66. The van der Waals surface area contributed by atoms with Crippen molar-refractivity contribution in [2.75, 3.05) is 20.1 Å². The second kappa shape index (κ2) is 3.67. The molecule has 1 fully saturated rings. The predicted octanol–water partition coefficient (Wildman–Crippen LogP) is -0.473. The van der Waals surface area contributed by atoms with Crippen molar-refractivity contribution in [2.24, 2.45) is 7.05 Å². The number of rotatable bonds is 3. The summed E-state index contributed by atoms with van der Waals surface area (Å²) in [6.07, 6.45) is 0. The molecule has 0 atom stereocenters. The van der Waals surface area contributed by atoms with Gasteiger partial charge in [-0.05, 0) is 14.0 Å². The molecule has 0 aliphatic carbocycles. The van der Waals surface area contributed by atoms with Gasteiger partial charge in [-0.1, -0.05) is 0 Å². The Morgan fingerprint density at radius 2 is 2.07 bits per heavy atom. The largest absolute Gasteiger partial charge is 0.317 e. The molecule has 0 aromatic carbocycles. The van der Waals surface area contributed by atoms with Gasteiger partial charge in [0.2, 0.25) is 0 Å². The number of hydrogen-bond acceptors (Lipinski definition) is 4. The number of nitrogens with zero attached hydrogens (tertiary/aromatic N) is 4. The Kier molecular flexibility index (Phi) is 2.52. The zero-order valence-electron chi connectivity index (χ0n) is 8.99. The van der Waals surface area contributed by atoms with Crippen molar-refractivity contribution in [1.29, 1.82) is 0 Å². The van der Waals surface area contributed by atoms with Crippen LogP contribution in [0, 0.1) is 6.92 Å². The van der Waals surface area contributed by atoms with Crippen molar-refractivity contribution >= 4 is 0 Å². The molecule has 1 aliphatic heterocycles. The summed E-state index contributed by atoms with van der Waals surface area (Å²) in [6, 6.07) is 0.622. The van der Waals surface area contributed by atoms with Crippen LogP contribution in [0.2, 0.25) is 0 Å². The van der Waals surface area contributed by atoms with Crippen molar-refractivity contribution in [3.8, 4) is 0 Å². The van der Waals surface area contributed by atoms with Crippen molar-refractivity contribution < 1.29 is 0 Å². The van der Waals surface area contributed by atoms with Crippen molar-refractivity contribution in [1.82, 2.24) is 25.0 Å². The highest BCUT2D eigenvalue weighted by atomic mass is 15.3. The monoisotopic (exact) mass is 195 g/mol. The van der Waals surface area contributed by atoms with Crippen LogP contribution in [0.3, 0.4) is 0 Å². The van der Waals surface area contributed by atoms with Crippen molar-refractivity contribution in [3.05, 3.63) is 11.6 Å². The van der Waals surface area contributed by atoms with E-state index in [1.54, 1.807) is 0 Å². The van der Waals surface area contributed by atoms with Gasteiger partial charge in [-0.2, -0.15) is 0 Å². The standard InChI is InChI=1S/C9H17N5/c1-7-11-12-9(14(7)3)4-10-8-5-13(2)6-8/h8,10H,4-6H2,1-3H3. The highest BCUT2D eigenvalue weighted by Gasteiger charge is 2.22. The van der Waals surface area contributed by atoms with Crippen LogP contribution >= 0.6 is 0 Å². The van der Waals surface area contributed by atoms with Gasteiger partial charge in [-0.25, -0.2) is 0 Å². The molecule has 0 radical (unpaired) electrons. The van der Waals surface area contributed by atoms with E-state index >= 15 is 0 Å². The Labute approximate surface area is 84.1 Å². The molecule has 0 spiro atoms. The summed E-state index contributed by atoms with van der Waals surface area (Å²) in [4.78, 5) is 2.29. The number of aryl methyl sites for hydroxylation is 1. The van der Waals surface area contributed by atoms with Gasteiger partial charge >= 0.3 is 0 Å². The van der Waals surface area contributed by atoms with Crippen molar-refractivity contribution in [3.63, 3.8) is 0 Å². The van der Waals surface area contributed by atoms with Gasteiger partial charge in [0.05, 0.1) is 6.54 Å². The topological polar surface area (TPSA) is 46.0 Å². The minimum absolute atomic E-state index is 0.622. The molecule has 0 saturated carbocycles. The molecule has 1 aromatic heterocycles. The van der Waals surface area contributed by atoms with Crippen molar-refractivity contribution in [2.45, 2.75) is 19.5 Å². The second-order valence-electron chi connectivity index (χ2n) is 4.02. The summed E-state index contributed by atoms with van der Waals surface area (Å²) in [6.45, 7) is 5.05. The third-order valence-electron chi connectivity index (χ3n) is 2.80. The summed E-state index contributed by atoms with van der Waals surface area (Å²) in [5.41, 5.74) is 0. The van der Waals surface area contributed by atoms with Gasteiger partial charge < -0.3 is 14.8 Å². The molecule has 1 aliphatic rings. The van der Waals surface area contributed by atoms with E-state index in [0.717, 1.165) is 31.3 Å². The molecular formula is C9H17N5. The minimum Gasteiger partial charge on any atom is -0.317 e. The summed E-state index contributed by atoms with van der Waals surface area (Å²) in [5, 5.41) is 11.6. The second-order valence-corrected chi connectivity index (χ2v) is 4.02. The molecule has 1 aromatic rings. The third kappa shape index (κ3) is 1.78. The molecule has 5 nitrogen and oxygen atoms in total. The fraction of sp³-hybridized carbons (Fsp3) is 0.778. The SMILES string of the molecule is Cc1nnc(CNC2CN(C)C2)n1C. The molecule has 5 heteroatoms. The van der Waals surface area contributed by atoms with Gasteiger partial charge in [0, 0.05) is 26.2 Å². The van der Waals surface area contributed by atoms with E-state index < -0.39 is 0 Å². The molecule has 2 rings (SSSR count). The highest BCUT2D eigenvalue weighted by molar-refractivity contribution is 4.94. The Hall–Kier alpha value is -0.940. The fourth-order valence-electron chi connectivity index (χ4n) is 1.67. The number of likely N-dealkylation sites (N-methyl/N-ethyl adjacent to an activating group) is 1. The average molecular weight is 195 g/mol. The normalized spacial score (nSPS) is 18.5. The van der Waals surface area contributed by atoms with Crippen LogP contribution in [0.4, 0.5) is 0 Å². The summed E-state index contributed by atoms with van der Waals surface area (Å²) in [7, 11) is 4.13. The van der Waals surface area contributed by atoms with Gasteiger partial charge in [-0.3, -0.25) is 0 Å². The molecule has 1 saturated heterocycles. The summed E-state index contributed by atoms with van der Waals surface area (Å²) in [5.74, 6) is 1.98. The van der Waals surface area contributed by atoms with Crippen LogP contribution in [0.5, 0.6) is 0 Å². The van der Waals surface area contributed by atoms with Crippen LogP contribution in [0.25, 0.3) is 0 Å². The maximum atomic E-state index is 4.10. The first kappa shape index (κ1) is 9.61. The van der Waals surface area contributed by atoms with Crippen LogP contribution in [0.1, 0.15) is 11.6 Å². The lowest BCUT2D eigenvalue weighted by Gasteiger charge is -2.36. The third-order valence-corrected chi connectivity index (χ3v) is 2.80. The Balaban J connectivity index is 1.83. The molecule has 78 valence electrons. The molecule has 0 bridgehead atoms. The van der Waals surface area contributed by atoms with E-state index in [-0.39, 0.29) is 0 Å². The first-order valence-corrected chi connectivity index (χ1v) is 4.93. The van der Waals surface area contributed by atoms with Crippen LogP contribution in [-0.2, 0) is 13.6 Å². The Morgan fingerprint density at radius 1 is 1.36 bits per heavy atom. The fourth-order valence-corrected chi connectivity index (χ4v) is 1.67. The van der Waals surface area contributed by atoms with E-state index in [2.05, 4.69) is 27.5 Å². The van der Waals surface area contributed by atoms with Gasteiger partial charge in [0.1, 0.15) is 11.6 Å². The van der Waals surface area contributed by atoms with Gasteiger partial charge in [0.25, 0.3) is 0 Å². The predicted molar refractivity (Wildman–Crippen MR) is 53.9 cm³/mol. The lowest BCUT2D eigenvalue weighted by Crippen LogP contribution is -2.55. The number of nitrogens with one attached hydrogen (secondary N) is 1. The average Bonchev–Trinajstić information content (AvgIpc) is 2.41. The molecule has 0 amide bonds. The van der Waals surface area contributed by atoms with Gasteiger partial charge in [-0.15, -0.1) is 10.2 Å². The molecule has 0 unspecified atom stereocenters. The molecular weight excluding hydrogens is 178 g/mol. The van der Waals surface area contributed by atoms with E-state index in [4.69, 9.17) is 0 Å². The van der Waals surface area contributed by atoms with Gasteiger partial charge in [0.15, 0.2) is 0 Å². The maximum absolute atomic E-state index is 4.10.